The number of aliphatic carboxylic acids is 1. The average molecular weight is 479 g/mol. The van der Waals surface area contributed by atoms with E-state index in [1.54, 1.807) is 0 Å². The molecule has 2 aromatic rings. The molecular weight excluding hydrogens is 460 g/mol. The monoisotopic (exact) mass is 478 g/mol. The number of hydrogen-bond donors (Lipinski definition) is 2. The molecule has 0 bridgehead atoms. The molecule has 2 N–H and O–H groups in total. The normalized spacial score (nSPS) is 22.7. The Morgan fingerprint density at radius 1 is 1.35 bits per heavy atom. The third kappa shape index (κ3) is 3.95. The standard InChI is InChI=1S/C19H18N4O5S3/c1-10-21-22-18(30-10)31-12-9-29-17-19(28-2,16(27)23(17)14(12)15(25)26)20-13(24)8-11-6-4-3-5-7-11/h3-7,17H,8-9H2,1-2H3,(H,20,24)(H,25,26)/t17-,19+/m1/s1. The number of nitrogens with zero attached hydrogens (tertiary/aromatic N) is 3. The Morgan fingerprint density at radius 3 is 2.71 bits per heavy atom. The van der Waals surface area contributed by atoms with Crippen LogP contribution >= 0.6 is 34.9 Å². The molecule has 2 aliphatic heterocycles. The maximum atomic E-state index is 13.1. The molecule has 0 spiro atoms. The molecule has 1 fully saturated rings. The molecule has 0 aliphatic carbocycles. The first kappa shape index (κ1) is 21.8. The van der Waals surface area contributed by atoms with Crippen LogP contribution < -0.4 is 5.32 Å². The van der Waals surface area contributed by atoms with Crippen LogP contribution in [-0.2, 0) is 25.5 Å². The lowest BCUT2D eigenvalue weighted by Gasteiger charge is -2.55. The largest absolute Gasteiger partial charge is 0.477 e. The highest BCUT2D eigenvalue weighted by atomic mass is 32.2. The maximum Gasteiger partial charge on any atom is 0.353 e. The lowest BCUT2D eigenvalue weighted by molar-refractivity contribution is -0.192. The Labute approximate surface area is 190 Å². The number of rotatable bonds is 7. The first-order valence-corrected chi connectivity index (χ1v) is 11.8. The molecule has 12 heteroatoms. The quantitative estimate of drug-likeness (QED) is 0.453. The number of methoxy groups -OCH3 is 1. The minimum absolute atomic E-state index is 0.0791. The third-order valence-corrected chi connectivity index (χ3v) is 8.24. The molecule has 162 valence electrons. The zero-order chi connectivity index (χ0) is 22.2. The van der Waals surface area contributed by atoms with Crippen LogP contribution in [0.3, 0.4) is 0 Å². The Hall–Kier alpha value is -2.41. The number of carbonyl (C=O) groups is 3. The summed E-state index contributed by atoms with van der Waals surface area (Å²) in [5.74, 6) is -1.88. The Morgan fingerprint density at radius 2 is 2.10 bits per heavy atom. The number of carboxylic acids is 1. The fraction of sp³-hybridized carbons (Fsp3) is 0.316. The van der Waals surface area contributed by atoms with Crippen LogP contribution in [0.1, 0.15) is 10.6 Å². The lowest BCUT2D eigenvalue weighted by atomic mass is 9.99. The predicted octanol–water partition coefficient (Wildman–Crippen LogP) is 1.85. The summed E-state index contributed by atoms with van der Waals surface area (Å²) in [6, 6.07) is 9.12. The zero-order valence-corrected chi connectivity index (χ0v) is 19.0. The average Bonchev–Trinajstić information content (AvgIpc) is 3.16. The molecule has 2 aliphatic rings. The van der Waals surface area contributed by atoms with E-state index in [2.05, 4.69) is 15.5 Å². The molecule has 1 saturated heterocycles. The van der Waals surface area contributed by atoms with E-state index < -0.39 is 23.0 Å². The van der Waals surface area contributed by atoms with Crippen LogP contribution in [0, 0.1) is 6.92 Å². The van der Waals surface area contributed by atoms with E-state index in [-0.39, 0.29) is 18.0 Å². The number of ether oxygens (including phenoxy) is 1. The van der Waals surface area contributed by atoms with Crippen molar-refractivity contribution in [2.24, 2.45) is 0 Å². The number of benzene rings is 1. The van der Waals surface area contributed by atoms with Gasteiger partial charge in [0.1, 0.15) is 16.1 Å². The molecule has 0 unspecified atom stereocenters. The first-order valence-electron chi connectivity index (χ1n) is 9.15. The van der Waals surface area contributed by atoms with E-state index in [1.807, 2.05) is 37.3 Å². The van der Waals surface area contributed by atoms with Gasteiger partial charge in [-0.1, -0.05) is 53.4 Å². The van der Waals surface area contributed by atoms with Gasteiger partial charge in [-0.2, -0.15) is 0 Å². The number of nitrogens with one attached hydrogen (secondary N) is 1. The molecule has 31 heavy (non-hydrogen) atoms. The summed E-state index contributed by atoms with van der Waals surface area (Å²) < 4.78 is 6.07. The van der Waals surface area contributed by atoms with Crippen molar-refractivity contribution in [1.29, 1.82) is 0 Å². The molecule has 0 saturated carbocycles. The second-order valence-electron chi connectivity index (χ2n) is 6.75. The fourth-order valence-electron chi connectivity index (χ4n) is 3.39. The van der Waals surface area contributed by atoms with E-state index in [4.69, 9.17) is 4.74 Å². The Bertz CT molecular complexity index is 1070. The Balaban J connectivity index is 1.56. The highest BCUT2D eigenvalue weighted by Gasteiger charge is 2.66. The lowest BCUT2D eigenvalue weighted by Crippen LogP contribution is -2.80. The van der Waals surface area contributed by atoms with Crippen molar-refractivity contribution in [1.82, 2.24) is 20.4 Å². The van der Waals surface area contributed by atoms with Crippen molar-refractivity contribution in [3.05, 3.63) is 51.5 Å². The second-order valence-corrected chi connectivity index (χ2v) is 10.3. The van der Waals surface area contributed by atoms with E-state index in [0.717, 1.165) is 10.6 Å². The number of β-lactam (4-membered cyclic amide) rings is 1. The van der Waals surface area contributed by atoms with Gasteiger partial charge in [-0.3, -0.25) is 14.5 Å². The smallest absolute Gasteiger partial charge is 0.353 e. The molecule has 4 rings (SSSR count). The summed E-state index contributed by atoms with van der Waals surface area (Å²) in [6.45, 7) is 1.81. The van der Waals surface area contributed by atoms with E-state index in [9.17, 15) is 19.5 Å². The minimum Gasteiger partial charge on any atom is -0.477 e. The van der Waals surface area contributed by atoms with Gasteiger partial charge in [-0.25, -0.2) is 4.79 Å². The molecule has 1 aromatic carbocycles. The van der Waals surface area contributed by atoms with Gasteiger partial charge in [0, 0.05) is 17.8 Å². The van der Waals surface area contributed by atoms with E-state index in [0.29, 0.717) is 15.0 Å². The molecule has 2 amide bonds. The topological polar surface area (TPSA) is 122 Å². The molecular formula is C19H18N4O5S3. The van der Waals surface area contributed by atoms with Crippen molar-refractivity contribution in [3.63, 3.8) is 0 Å². The number of aromatic nitrogens is 2. The van der Waals surface area contributed by atoms with Crippen molar-refractivity contribution >= 4 is 52.6 Å². The summed E-state index contributed by atoms with van der Waals surface area (Å²) in [4.78, 5) is 39.4. The third-order valence-electron chi connectivity index (χ3n) is 4.77. The number of carboxylic acid groups (broad SMARTS) is 1. The summed E-state index contributed by atoms with van der Waals surface area (Å²) in [5.41, 5.74) is -0.924. The van der Waals surface area contributed by atoms with E-state index in [1.165, 1.54) is 46.9 Å². The summed E-state index contributed by atoms with van der Waals surface area (Å²) in [5, 5.41) is 20.5. The summed E-state index contributed by atoms with van der Waals surface area (Å²) >= 11 is 3.87. The van der Waals surface area contributed by atoms with Gasteiger partial charge in [-0.05, 0) is 12.5 Å². The zero-order valence-electron chi connectivity index (χ0n) is 16.5. The predicted molar refractivity (Wildman–Crippen MR) is 116 cm³/mol. The number of hydrogen-bond acceptors (Lipinski definition) is 9. The van der Waals surface area contributed by atoms with Crippen LogP contribution in [0.5, 0.6) is 0 Å². The number of aryl methyl sites for hydroxylation is 1. The van der Waals surface area contributed by atoms with Gasteiger partial charge in [0.2, 0.25) is 5.91 Å². The van der Waals surface area contributed by atoms with Gasteiger partial charge in [0.05, 0.1) is 6.42 Å². The van der Waals surface area contributed by atoms with Crippen LogP contribution in [0.15, 0.2) is 45.3 Å². The fourth-order valence-corrected chi connectivity index (χ4v) is 6.93. The van der Waals surface area contributed by atoms with Gasteiger partial charge >= 0.3 is 5.97 Å². The van der Waals surface area contributed by atoms with Crippen LogP contribution in [0.4, 0.5) is 0 Å². The van der Waals surface area contributed by atoms with Crippen molar-refractivity contribution in [3.8, 4) is 0 Å². The maximum absolute atomic E-state index is 13.1. The minimum atomic E-state index is -1.60. The van der Waals surface area contributed by atoms with Crippen molar-refractivity contribution in [2.45, 2.75) is 28.8 Å². The van der Waals surface area contributed by atoms with Crippen LogP contribution in [-0.4, -0.2) is 61.9 Å². The summed E-state index contributed by atoms with van der Waals surface area (Å²) in [6.07, 6.45) is 0.0791. The van der Waals surface area contributed by atoms with Gasteiger partial charge in [-0.15, -0.1) is 22.0 Å². The molecule has 1 aromatic heterocycles. The van der Waals surface area contributed by atoms with Crippen LogP contribution in [0.25, 0.3) is 0 Å². The second kappa shape index (κ2) is 8.61. The molecule has 3 heterocycles. The number of amides is 2. The van der Waals surface area contributed by atoms with Gasteiger partial charge in [0.25, 0.3) is 11.6 Å². The van der Waals surface area contributed by atoms with Gasteiger partial charge < -0.3 is 15.2 Å². The summed E-state index contributed by atoms with van der Waals surface area (Å²) in [7, 11) is 1.33. The highest BCUT2D eigenvalue weighted by molar-refractivity contribution is 8.07. The molecule has 2 atom stereocenters. The molecule has 0 radical (unpaired) electrons. The van der Waals surface area contributed by atoms with Crippen LogP contribution in [0.2, 0.25) is 0 Å². The Kier molecular flexibility index (Phi) is 6.06. The number of fused-ring (bicyclic) bond motifs is 1. The highest BCUT2D eigenvalue weighted by Crippen LogP contribution is 2.49. The SMILES string of the molecule is CO[C@@]1(NC(=O)Cc2ccccc2)C(=O)N2C(C(=O)O)=C(Sc3nnc(C)s3)CS[C@@H]21. The van der Waals surface area contributed by atoms with Crippen molar-refractivity contribution < 1.29 is 24.2 Å². The first-order chi connectivity index (χ1) is 14.9. The van der Waals surface area contributed by atoms with Crippen molar-refractivity contribution in [2.75, 3.05) is 12.9 Å². The van der Waals surface area contributed by atoms with E-state index >= 15 is 0 Å². The molecule has 9 nitrogen and oxygen atoms in total. The number of carbonyl (C=O) groups excluding carboxylic acids is 2. The van der Waals surface area contributed by atoms with Gasteiger partial charge in [0.15, 0.2) is 4.34 Å². The number of thioether (sulfide) groups is 2.